The first kappa shape index (κ1) is 15.3. The number of nitrogens with zero attached hydrogens (tertiary/aromatic N) is 1. The van der Waals surface area contributed by atoms with Crippen LogP contribution < -0.4 is 0 Å². The van der Waals surface area contributed by atoms with Crippen LogP contribution >= 0.6 is 0 Å². The number of amides is 1. The van der Waals surface area contributed by atoms with Crippen LogP contribution in [-0.2, 0) is 9.47 Å². The van der Waals surface area contributed by atoms with E-state index >= 15 is 0 Å². The summed E-state index contributed by atoms with van der Waals surface area (Å²) in [6.07, 6.45) is 4.24. The lowest BCUT2D eigenvalue weighted by molar-refractivity contribution is -0.0118. The fourth-order valence-electron chi connectivity index (χ4n) is 1.93. The fraction of sp³-hybridized carbons (Fsp3) is 0.929. The van der Waals surface area contributed by atoms with Crippen molar-refractivity contribution in [3.8, 4) is 0 Å². The van der Waals surface area contributed by atoms with Gasteiger partial charge in [0.1, 0.15) is 5.60 Å². The minimum Gasteiger partial charge on any atom is -0.444 e. The molecule has 0 aliphatic carbocycles. The second-order valence-corrected chi connectivity index (χ2v) is 5.89. The molecule has 4 nitrogen and oxygen atoms in total. The lowest BCUT2D eigenvalue weighted by Crippen LogP contribution is -2.43. The molecule has 18 heavy (non-hydrogen) atoms. The van der Waals surface area contributed by atoms with Crippen LogP contribution in [0.25, 0.3) is 0 Å². The number of piperidine rings is 1. The first-order valence-electron chi connectivity index (χ1n) is 7.02. The largest absolute Gasteiger partial charge is 0.444 e. The third-order valence-electron chi connectivity index (χ3n) is 2.95. The summed E-state index contributed by atoms with van der Waals surface area (Å²) in [4.78, 5) is 13.6. The van der Waals surface area contributed by atoms with Crippen LogP contribution in [0.1, 0.15) is 53.4 Å². The van der Waals surface area contributed by atoms with Crippen molar-refractivity contribution in [3.05, 3.63) is 0 Å². The highest BCUT2D eigenvalue weighted by atomic mass is 16.6. The minimum atomic E-state index is -0.411. The zero-order valence-corrected chi connectivity index (χ0v) is 12.2. The topological polar surface area (TPSA) is 38.8 Å². The zero-order chi connectivity index (χ0) is 13.6. The summed E-state index contributed by atoms with van der Waals surface area (Å²) in [5.41, 5.74) is -0.411. The van der Waals surface area contributed by atoms with Gasteiger partial charge in [0.15, 0.2) is 0 Å². The molecular formula is C14H27NO3. The molecule has 1 saturated heterocycles. The van der Waals surface area contributed by atoms with E-state index in [1.54, 1.807) is 4.90 Å². The Morgan fingerprint density at radius 1 is 1.28 bits per heavy atom. The van der Waals surface area contributed by atoms with Gasteiger partial charge in [0.05, 0.1) is 6.10 Å². The summed E-state index contributed by atoms with van der Waals surface area (Å²) in [7, 11) is 0. The molecule has 106 valence electrons. The van der Waals surface area contributed by atoms with Gasteiger partial charge in [-0.3, -0.25) is 0 Å². The maximum atomic E-state index is 11.8. The lowest BCUT2D eigenvalue weighted by Gasteiger charge is -2.33. The zero-order valence-electron chi connectivity index (χ0n) is 12.2. The average Bonchev–Trinajstić information content (AvgIpc) is 2.28. The Balaban J connectivity index is 2.24. The van der Waals surface area contributed by atoms with Crippen LogP contribution in [0.5, 0.6) is 0 Å². The summed E-state index contributed by atoms with van der Waals surface area (Å²) in [6, 6.07) is 0. The molecule has 0 spiro atoms. The predicted molar refractivity (Wildman–Crippen MR) is 71.7 cm³/mol. The number of ether oxygens (including phenoxy) is 2. The highest BCUT2D eigenvalue weighted by Crippen LogP contribution is 2.17. The molecule has 1 aliphatic rings. The van der Waals surface area contributed by atoms with Gasteiger partial charge in [-0.25, -0.2) is 4.79 Å². The molecular weight excluding hydrogens is 230 g/mol. The van der Waals surface area contributed by atoms with E-state index < -0.39 is 5.60 Å². The Bertz CT molecular complexity index is 252. The second kappa shape index (κ2) is 6.98. The van der Waals surface area contributed by atoms with E-state index in [1.807, 2.05) is 20.8 Å². The molecule has 0 unspecified atom stereocenters. The third-order valence-corrected chi connectivity index (χ3v) is 2.95. The van der Waals surface area contributed by atoms with Crippen molar-refractivity contribution in [1.29, 1.82) is 0 Å². The number of rotatable bonds is 4. The fourth-order valence-corrected chi connectivity index (χ4v) is 1.93. The standard InChI is InChI=1S/C14H27NO3/c1-5-6-11-17-12-7-9-15(10-8-12)13(16)18-14(2,3)4/h12H,5-11H2,1-4H3. The second-order valence-electron chi connectivity index (χ2n) is 5.89. The normalized spacial score (nSPS) is 17.9. The maximum Gasteiger partial charge on any atom is 0.410 e. The number of likely N-dealkylation sites (tertiary alicyclic amines) is 1. The van der Waals surface area contributed by atoms with Crippen LogP contribution in [0, 0.1) is 0 Å². The van der Waals surface area contributed by atoms with Gasteiger partial charge in [-0.1, -0.05) is 13.3 Å². The smallest absolute Gasteiger partial charge is 0.410 e. The first-order valence-corrected chi connectivity index (χ1v) is 7.02. The van der Waals surface area contributed by atoms with E-state index in [4.69, 9.17) is 9.47 Å². The van der Waals surface area contributed by atoms with Gasteiger partial charge >= 0.3 is 6.09 Å². The Labute approximate surface area is 111 Å². The van der Waals surface area contributed by atoms with Crippen molar-refractivity contribution >= 4 is 6.09 Å². The molecule has 4 heteroatoms. The lowest BCUT2D eigenvalue weighted by atomic mass is 10.1. The molecule has 1 amide bonds. The van der Waals surface area contributed by atoms with Crippen molar-refractivity contribution in [2.24, 2.45) is 0 Å². The van der Waals surface area contributed by atoms with Gasteiger partial charge in [-0.05, 0) is 40.0 Å². The highest BCUT2D eigenvalue weighted by molar-refractivity contribution is 5.68. The molecule has 0 radical (unpaired) electrons. The van der Waals surface area contributed by atoms with E-state index in [0.717, 1.165) is 45.4 Å². The average molecular weight is 257 g/mol. The van der Waals surface area contributed by atoms with Crippen LogP contribution in [0.2, 0.25) is 0 Å². The predicted octanol–water partition coefficient (Wildman–Crippen LogP) is 3.20. The van der Waals surface area contributed by atoms with Gasteiger partial charge in [0.2, 0.25) is 0 Å². The molecule has 0 saturated carbocycles. The number of hydrogen-bond donors (Lipinski definition) is 0. The quantitative estimate of drug-likeness (QED) is 0.726. The number of unbranched alkanes of at least 4 members (excludes halogenated alkanes) is 1. The first-order chi connectivity index (χ1) is 8.42. The van der Waals surface area contributed by atoms with E-state index in [0.29, 0.717) is 6.10 Å². The van der Waals surface area contributed by atoms with E-state index in [-0.39, 0.29) is 6.09 Å². The van der Waals surface area contributed by atoms with Gasteiger partial charge < -0.3 is 14.4 Å². The van der Waals surface area contributed by atoms with Crippen LogP contribution in [0.4, 0.5) is 4.79 Å². The van der Waals surface area contributed by atoms with Crippen molar-refractivity contribution in [2.75, 3.05) is 19.7 Å². The number of hydrogen-bond acceptors (Lipinski definition) is 3. The summed E-state index contributed by atoms with van der Waals surface area (Å²) in [5, 5.41) is 0. The molecule has 0 atom stereocenters. The molecule has 1 fully saturated rings. The number of carbonyl (C=O) groups is 1. The van der Waals surface area contributed by atoms with Crippen molar-refractivity contribution in [2.45, 2.75) is 65.1 Å². The summed E-state index contributed by atoms with van der Waals surface area (Å²) < 4.78 is 11.1. The van der Waals surface area contributed by atoms with Gasteiger partial charge in [-0.2, -0.15) is 0 Å². The maximum absolute atomic E-state index is 11.8. The molecule has 1 heterocycles. The molecule has 1 rings (SSSR count). The molecule has 0 aromatic heterocycles. The highest BCUT2D eigenvalue weighted by Gasteiger charge is 2.26. The summed E-state index contributed by atoms with van der Waals surface area (Å²) in [6.45, 7) is 10.2. The van der Waals surface area contributed by atoms with Gasteiger partial charge in [0, 0.05) is 19.7 Å². The van der Waals surface area contributed by atoms with Crippen molar-refractivity contribution < 1.29 is 14.3 Å². The Hall–Kier alpha value is -0.770. The minimum absolute atomic E-state index is 0.200. The van der Waals surface area contributed by atoms with Crippen LogP contribution in [0.15, 0.2) is 0 Å². The number of carbonyl (C=O) groups excluding carboxylic acids is 1. The molecule has 0 aromatic carbocycles. The molecule has 1 aliphatic heterocycles. The van der Waals surface area contributed by atoms with Crippen molar-refractivity contribution in [1.82, 2.24) is 4.90 Å². The van der Waals surface area contributed by atoms with Gasteiger partial charge in [-0.15, -0.1) is 0 Å². The molecule has 0 bridgehead atoms. The third kappa shape index (κ3) is 5.71. The van der Waals surface area contributed by atoms with Crippen LogP contribution in [-0.4, -0.2) is 42.4 Å². The Morgan fingerprint density at radius 3 is 2.39 bits per heavy atom. The van der Waals surface area contributed by atoms with E-state index in [1.165, 1.54) is 0 Å². The van der Waals surface area contributed by atoms with Crippen molar-refractivity contribution in [3.63, 3.8) is 0 Å². The summed E-state index contributed by atoms with van der Waals surface area (Å²) >= 11 is 0. The molecule has 0 aromatic rings. The SMILES string of the molecule is CCCCOC1CCN(C(=O)OC(C)(C)C)CC1. The Kier molecular flexibility index (Phi) is 5.93. The monoisotopic (exact) mass is 257 g/mol. The van der Waals surface area contributed by atoms with Gasteiger partial charge in [0.25, 0.3) is 0 Å². The summed E-state index contributed by atoms with van der Waals surface area (Å²) in [5.74, 6) is 0. The molecule has 0 N–H and O–H groups in total. The van der Waals surface area contributed by atoms with E-state index in [2.05, 4.69) is 6.92 Å². The Morgan fingerprint density at radius 2 is 1.89 bits per heavy atom. The van der Waals surface area contributed by atoms with Crippen LogP contribution in [0.3, 0.4) is 0 Å². The van der Waals surface area contributed by atoms with E-state index in [9.17, 15) is 4.79 Å².